The van der Waals surface area contributed by atoms with E-state index in [9.17, 15) is 20.1 Å². The Morgan fingerprint density at radius 1 is 0.881 bits per heavy atom. The van der Waals surface area contributed by atoms with Gasteiger partial charge in [0.1, 0.15) is 6.61 Å². The molecule has 0 amide bonds. The highest BCUT2D eigenvalue weighted by Gasteiger charge is 2.72. The van der Waals surface area contributed by atoms with Crippen molar-refractivity contribution in [2.24, 2.45) is 56.7 Å². The van der Waals surface area contributed by atoms with Crippen LogP contribution in [0, 0.1) is 56.7 Å². The lowest BCUT2D eigenvalue weighted by Gasteiger charge is -2.72. The van der Waals surface area contributed by atoms with E-state index in [2.05, 4.69) is 34.3 Å². The molecule has 42 heavy (non-hydrogen) atoms. The van der Waals surface area contributed by atoms with Crippen molar-refractivity contribution in [3.63, 3.8) is 0 Å². The van der Waals surface area contributed by atoms with Crippen LogP contribution in [0.25, 0.3) is 0 Å². The molecule has 0 saturated heterocycles. The number of carbonyl (C=O) groups excluding carboxylic acids is 1. The van der Waals surface area contributed by atoms with Crippen molar-refractivity contribution in [1.29, 1.82) is 0 Å². The van der Waals surface area contributed by atoms with Gasteiger partial charge >= 0.3 is 5.97 Å². The molecule has 6 rings (SSSR count). The zero-order valence-electron chi connectivity index (χ0n) is 26.4. The lowest BCUT2D eigenvalue weighted by molar-refractivity contribution is -0.254. The maximum atomic E-state index is 14.2. The van der Waals surface area contributed by atoms with E-state index in [0.29, 0.717) is 24.4 Å². The van der Waals surface area contributed by atoms with Crippen LogP contribution in [0.2, 0.25) is 0 Å². The van der Waals surface area contributed by atoms with Gasteiger partial charge in [-0.05, 0) is 121 Å². The van der Waals surface area contributed by atoms with Crippen molar-refractivity contribution in [2.45, 2.75) is 105 Å². The molecule has 5 nitrogen and oxygen atoms in total. The molecule has 0 bridgehead atoms. The number of ether oxygens (including phenoxy) is 1. The first-order chi connectivity index (χ1) is 19.9. The monoisotopic (exact) mass is 578 g/mol. The number of esters is 1. The maximum Gasteiger partial charge on any atom is 0.312 e. The summed E-state index contributed by atoms with van der Waals surface area (Å²) in [4.78, 5) is 14.2. The molecule has 232 valence electrons. The average molecular weight is 579 g/mol. The number of rotatable bonds is 6. The van der Waals surface area contributed by atoms with Crippen molar-refractivity contribution in [1.82, 2.24) is 0 Å². The molecule has 0 aliphatic heterocycles. The first-order valence-electron chi connectivity index (χ1n) is 16.7. The van der Waals surface area contributed by atoms with E-state index < -0.39 is 16.9 Å². The van der Waals surface area contributed by atoms with Gasteiger partial charge in [-0.15, -0.1) is 0 Å². The first kappa shape index (κ1) is 30.3. The van der Waals surface area contributed by atoms with Crippen LogP contribution >= 0.6 is 0 Å². The standard InChI is InChI=1S/C37H54O5/c1-24(21-38)26-13-18-37(32(41)42-22-25-9-7-6-8-10-25)20-19-35(4)27(31(26)37)11-12-29-33(2)16-15-30(40)34(3,23-39)28(33)14-17-36(29,35)5/h6-10,26-31,38-40H,1,11-23H2,2-5H3/t26?,27?,28-,29?,30+,31?,33+,34+,35-,36-,37+/m1/s1. The minimum absolute atomic E-state index is 0.0263. The van der Waals surface area contributed by atoms with Gasteiger partial charge in [-0.3, -0.25) is 4.79 Å². The van der Waals surface area contributed by atoms with Crippen LogP contribution in [0.4, 0.5) is 0 Å². The Bertz CT molecular complexity index is 1200. The molecule has 5 aliphatic carbocycles. The minimum atomic E-state index is -0.517. The summed E-state index contributed by atoms with van der Waals surface area (Å²) in [5, 5.41) is 31.9. The van der Waals surface area contributed by atoms with Crippen molar-refractivity contribution in [3.05, 3.63) is 48.0 Å². The molecule has 5 aliphatic rings. The largest absolute Gasteiger partial charge is 0.460 e. The SMILES string of the molecule is C=C(CO)C1CC[C@]2(C(=O)OCc3ccccc3)CC[C@]3(C)C(CCC4[C@@]5(C)CC[C@H](O)[C@@](C)(CO)[C@@H]5CC[C@]43C)C12. The Labute approximate surface area is 253 Å². The normalized spacial score (nSPS) is 47.9. The predicted octanol–water partition coefficient (Wildman–Crippen LogP) is 6.69. The molecular weight excluding hydrogens is 524 g/mol. The number of benzene rings is 1. The fourth-order valence-corrected chi connectivity index (χ4v) is 12.4. The topological polar surface area (TPSA) is 87.0 Å². The van der Waals surface area contributed by atoms with E-state index >= 15 is 0 Å². The molecule has 3 N–H and O–H groups in total. The Kier molecular flexibility index (Phi) is 7.55. The van der Waals surface area contributed by atoms with E-state index in [1.807, 2.05) is 30.3 Å². The van der Waals surface area contributed by atoms with Gasteiger partial charge in [-0.25, -0.2) is 0 Å². The maximum absolute atomic E-state index is 14.2. The molecule has 5 fully saturated rings. The number of carbonyl (C=O) groups is 1. The van der Waals surface area contributed by atoms with Crippen LogP contribution in [0.15, 0.2) is 42.5 Å². The molecule has 1 aromatic carbocycles. The fraction of sp³-hybridized carbons (Fsp3) is 0.757. The van der Waals surface area contributed by atoms with Gasteiger partial charge in [-0.1, -0.05) is 64.6 Å². The van der Waals surface area contributed by atoms with E-state index in [0.717, 1.165) is 75.3 Å². The summed E-state index contributed by atoms with van der Waals surface area (Å²) in [6.45, 7) is 14.3. The van der Waals surface area contributed by atoms with Gasteiger partial charge in [0.2, 0.25) is 0 Å². The zero-order chi connectivity index (χ0) is 30.1. The molecular formula is C37H54O5. The van der Waals surface area contributed by atoms with Crippen molar-refractivity contribution in [3.8, 4) is 0 Å². The summed E-state index contributed by atoms with van der Waals surface area (Å²) in [6.07, 6.45) is 9.20. The van der Waals surface area contributed by atoms with Crippen LogP contribution in [0.5, 0.6) is 0 Å². The van der Waals surface area contributed by atoms with Gasteiger partial charge < -0.3 is 20.1 Å². The third kappa shape index (κ3) is 4.01. The molecule has 11 atom stereocenters. The van der Waals surface area contributed by atoms with Crippen molar-refractivity contribution < 1.29 is 24.9 Å². The molecule has 0 aromatic heterocycles. The second-order valence-electron chi connectivity index (χ2n) is 16.1. The van der Waals surface area contributed by atoms with Crippen LogP contribution in [-0.4, -0.2) is 40.6 Å². The second kappa shape index (κ2) is 10.4. The lowest BCUT2D eigenvalue weighted by atomic mass is 9.32. The number of hydrogen-bond donors (Lipinski definition) is 3. The molecule has 0 spiro atoms. The Balaban J connectivity index is 1.35. The summed E-state index contributed by atoms with van der Waals surface area (Å²) in [5.74, 6) is 1.42. The van der Waals surface area contributed by atoms with Crippen LogP contribution in [0.3, 0.4) is 0 Å². The van der Waals surface area contributed by atoms with Gasteiger partial charge in [0.15, 0.2) is 0 Å². The highest BCUT2D eigenvalue weighted by atomic mass is 16.5. The summed E-state index contributed by atoms with van der Waals surface area (Å²) in [7, 11) is 0. The molecule has 5 heteroatoms. The van der Waals surface area contributed by atoms with Gasteiger partial charge in [-0.2, -0.15) is 0 Å². The zero-order valence-corrected chi connectivity index (χ0v) is 26.4. The smallest absolute Gasteiger partial charge is 0.312 e. The fourth-order valence-electron chi connectivity index (χ4n) is 12.4. The Morgan fingerprint density at radius 2 is 1.62 bits per heavy atom. The van der Waals surface area contributed by atoms with Crippen molar-refractivity contribution in [2.75, 3.05) is 13.2 Å². The molecule has 0 radical (unpaired) electrons. The highest BCUT2D eigenvalue weighted by molar-refractivity contribution is 5.78. The van der Waals surface area contributed by atoms with Crippen LogP contribution in [-0.2, 0) is 16.1 Å². The van der Waals surface area contributed by atoms with E-state index in [4.69, 9.17) is 4.74 Å². The Hall–Kier alpha value is -1.69. The predicted molar refractivity (Wildman–Crippen MR) is 164 cm³/mol. The van der Waals surface area contributed by atoms with Crippen LogP contribution in [0.1, 0.15) is 97.5 Å². The minimum Gasteiger partial charge on any atom is -0.460 e. The van der Waals surface area contributed by atoms with Gasteiger partial charge in [0, 0.05) is 5.41 Å². The number of aliphatic hydroxyl groups excluding tert-OH is 3. The third-order valence-corrected chi connectivity index (χ3v) is 14.9. The lowest BCUT2D eigenvalue weighted by Crippen LogP contribution is -2.67. The second-order valence-corrected chi connectivity index (χ2v) is 16.1. The summed E-state index contributed by atoms with van der Waals surface area (Å²) >= 11 is 0. The third-order valence-electron chi connectivity index (χ3n) is 14.9. The summed E-state index contributed by atoms with van der Waals surface area (Å²) < 4.78 is 6.13. The van der Waals surface area contributed by atoms with Crippen molar-refractivity contribution >= 4 is 5.97 Å². The average Bonchev–Trinajstić information content (AvgIpc) is 3.39. The number of fused-ring (bicyclic) bond motifs is 7. The van der Waals surface area contributed by atoms with E-state index in [1.54, 1.807) is 0 Å². The quantitative estimate of drug-likeness (QED) is 0.259. The highest BCUT2D eigenvalue weighted by Crippen LogP contribution is 2.77. The summed E-state index contributed by atoms with van der Waals surface area (Å²) in [5.41, 5.74) is 1.16. The van der Waals surface area contributed by atoms with E-state index in [-0.39, 0.29) is 47.3 Å². The first-order valence-corrected chi connectivity index (χ1v) is 16.7. The summed E-state index contributed by atoms with van der Waals surface area (Å²) in [6, 6.07) is 9.97. The molecule has 5 saturated carbocycles. The number of aliphatic hydroxyl groups is 3. The van der Waals surface area contributed by atoms with Gasteiger partial charge in [0.05, 0.1) is 24.7 Å². The molecule has 1 aromatic rings. The number of hydrogen-bond acceptors (Lipinski definition) is 5. The molecule has 0 heterocycles. The van der Waals surface area contributed by atoms with E-state index in [1.165, 1.54) is 0 Å². The van der Waals surface area contributed by atoms with Gasteiger partial charge in [0.25, 0.3) is 0 Å². The Morgan fingerprint density at radius 3 is 2.31 bits per heavy atom. The van der Waals surface area contributed by atoms with Crippen LogP contribution < -0.4 is 0 Å². The molecule has 4 unspecified atom stereocenters.